The molecule has 9 nitrogen and oxygen atoms in total. The molecule has 0 radical (unpaired) electrons. The van der Waals surface area contributed by atoms with Crippen molar-refractivity contribution >= 4 is 11.3 Å². The third kappa shape index (κ3) is 11.8. The van der Waals surface area contributed by atoms with E-state index >= 15 is 0 Å². The molecule has 3 spiro atoms. The molecule has 3 saturated heterocycles. The molecule has 0 aromatic carbocycles. The van der Waals surface area contributed by atoms with Crippen LogP contribution in [0.3, 0.4) is 0 Å². The second kappa shape index (κ2) is 22.4. The van der Waals surface area contributed by atoms with Crippen molar-refractivity contribution in [3.05, 3.63) is 107 Å². The van der Waals surface area contributed by atoms with Crippen LogP contribution in [0.15, 0.2) is 84.6 Å². The first kappa shape index (κ1) is 49.7. The zero-order chi connectivity index (χ0) is 46.7. The smallest absolute Gasteiger partial charge is 0.132 e. The Morgan fingerprint density at radius 1 is 0.627 bits per heavy atom. The van der Waals surface area contributed by atoms with Gasteiger partial charge in [-0.15, -0.1) is 11.3 Å². The fourth-order valence-electron chi connectivity index (χ4n) is 13.8. The average Bonchev–Trinajstić information content (AvgIpc) is 4.20. The molecule has 362 valence electrons. The summed E-state index contributed by atoms with van der Waals surface area (Å²) in [5.41, 5.74) is 10.1. The van der Waals surface area contributed by atoms with Crippen LogP contribution in [-0.4, -0.2) is 64.7 Å². The molecule has 5 atom stereocenters. The van der Waals surface area contributed by atoms with E-state index in [1.54, 1.807) is 7.11 Å². The minimum Gasteiger partial charge on any atom is -0.496 e. The van der Waals surface area contributed by atoms with E-state index in [2.05, 4.69) is 71.7 Å². The fraction of sp³-hybridized carbons (Fsp3) is 0.649. The zero-order valence-corrected chi connectivity index (χ0v) is 41.8. The number of thiophene rings is 1. The summed E-state index contributed by atoms with van der Waals surface area (Å²) in [6, 6.07) is 23.4. The number of pyridine rings is 3. The summed E-state index contributed by atoms with van der Waals surface area (Å²) >= 11 is 1.82. The summed E-state index contributed by atoms with van der Waals surface area (Å²) in [4.78, 5) is 15.4. The van der Waals surface area contributed by atoms with Gasteiger partial charge in [0.1, 0.15) is 5.75 Å². The van der Waals surface area contributed by atoms with E-state index < -0.39 is 0 Å². The van der Waals surface area contributed by atoms with Crippen molar-refractivity contribution in [1.82, 2.24) is 15.0 Å². The largest absolute Gasteiger partial charge is 0.496 e. The summed E-state index contributed by atoms with van der Waals surface area (Å²) in [5.74, 6) is 1.69. The van der Waals surface area contributed by atoms with Crippen LogP contribution in [0, 0.1) is 17.2 Å². The number of nitrogens with two attached hydrogens (primary N) is 1. The number of hydrogen-bond donors (Lipinski definition) is 1. The second-order valence-electron chi connectivity index (χ2n) is 21.8. The summed E-state index contributed by atoms with van der Waals surface area (Å²) in [6.45, 7) is 7.02. The topological polar surface area (TPSA) is 125 Å². The Balaban J connectivity index is 0.000000140. The van der Waals surface area contributed by atoms with Crippen LogP contribution >= 0.6 is 11.3 Å². The third-order valence-corrected chi connectivity index (χ3v) is 17.7. The fourth-order valence-corrected chi connectivity index (χ4v) is 14.6. The lowest BCUT2D eigenvalue weighted by molar-refractivity contribution is -0.106. The number of rotatable bonds is 12. The van der Waals surface area contributed by atoms with Gasteiger partial charge in [-0.3, -0.25) is 15.0 Å². The molecular weight excluding hydrogens is 851 g/mol. The Morgan fingerprint density at radius 2 is 1.06 bits per heavy atom. The maximum absolute atomic E-state index is 9.26. The highest BCUT2D eigenvalue weighted by atomic mass is 32.1. The number of nitrogens with zero attached hydrogens (tertiary/aromatic N) is 4. The molecule has 10 heteroatoms. The van der Waals surface area contributed by atoms with Crippen LogP contribution in [0.1, 0.15) is 177 Å². The highest BCUT2D eigenvalue weighted by Gasteiger charge is 2.51. The normalized spacial score (nSPS) is 27.9. The first-order valence-electron chi connectivity index (χ1n) is 26.0. The highest BCUT2D eigenvalue weighted by molar-refractivity contribution is 7.10. The molecule has 67 heavy (non-hydrogen) atoms. The molecule has 4 aromatic rings. The van der Waals surface area contributed by atoms with E-state index in [-0.39, 0.29) is 39.1 Å². The zero-order valence-electron chi connectivity index (χ0n) is 41.0. The molecule has 0 amide bonds. The Labute approximate surface area is 406 Å². The minimum absolute atomic E-state index is 0.0205. The first-order valence-corrected chi connectivity index (χ1v) is 26.9. The van der Waals surface area contributed by atoms with Gasteiger partial charge < -0.3 is 24.7 Å². The number of methoxy groups -OCH3 is 1. The predicted molar refractivity (Wildman–Crippen MR) is 268 cm³/mol. The average molecular weight is 930 g/mol. The summed E-state index contributed by atoms with van der Waals surface area (Å²) < 4.78 is 24.2. The Morgan fingerprint density at radius 3 is 1.48 bits per heavy atom. The highest BCUT2D eigenvalue weighted by Crippen LogP contribution is 2.53. The van der Waals surface area contributed by atoms with Crippen molar-refractivity contribution in [2.45, 2.75) is 201 Å². The van der Waals surface area contributed by atoms with E-state index in [9.17, 15) is 5.26 Å². The lowest BCUT2D eigenvalue weighted by Crippen LogP contribution is -2.48. The number of hydrogen-bond acceptors (Lipinski definition) is 10. The minimum atomic E-state index is -0.0986. The van der Waals surface area contributed by atoms with Crippen molar-refractivity contribution in [1.29, 1.82) is 5.26 Å². The van der Waals surface area contributed by atoms with Crippen molar-refractivity contribution in [2.75, 3.05) is 26.9 Å². The molecule has 3 aliphatic carbocycles. The molecule has 5 unspecified atom stereocenters. The molecule has 6 aliphatic rings. The van der Waals surface area contributed by atoms with E-state index in [0.717, 1.165) is 95.5 Å². The maximum Gasteiger partial charge on any atom is 0.132 e. The van der Waals surface area contributed by atoms with E-state index in [4.69, 9.17) is 29.7 Å². The summed E-state index contributed by atoms with van der Waals surface area (Å²) in [7, 11) is 1.77. The molecule has 0 bridgehead atoms. The summed E-state index contributed by atoms with van der Waals surface area (Å²) in [5, 5.41) is 11.4. The van der Waals surface area contributed by atoms with Gasteiger partial charge in [-0.2, -0.15) is 5.26 Å². The van der Waals surface area contributed by atoms with Crippen molar-refractivity contribution in [3.63, 3.8) is 0 Å². The number of aryl methyl sites for hydroxylation is 1. The van der Waals surface area contributed by atoms with Crippen molar-refractivity contribution in [2.24, 2.45) is 11.7 Å². The lowest BCUT2D eigenvalue weighted by atomic mass is 9.65. The van der Waals surface area contributed by atoms with Crippen LogP contribution in [0.4, 0.5) is 0 Å². The molecule has 3 aliphatic heterocycles. The van der Waals surface area contributed by atoms with Crippen LogP contribution in [0.25, 0.3) is 0 Å². The van der Waals surface area contributed by atoms with Gasteiger partial charge in [-0.1, -0.05) is 63.6 Å². The van der Waals surface area contributed by atoms with Crippen LogP contribution in [0.2, 0.25) is 0 Å². The van der Waals surface area contributed by atoms with Crippen LogP contribution in [0.5, 0.6) is 5.75 Å². The number of aromatic nitrogens is 3. The molecular formula is C57H79N5O4S. The Bertz CT molecular complexity index is 2150. The molecule has 7 heterocycles. The van der Waals surface area contributed by atoms with Gasteiger partial charge in [0.25, 0.3) is 0 Å². The predicted octanol–water partition coefficient (Wildman–Crippen LogP) is 12.7. The molecule has 10 rings (SSSR count). The molecule has 3 saturated carbocycles. The monoisotopic (exact) mass is 930 g/mol. The quantitative estimate of drug-likeness (QED) is 0.148. The van der Waals surface area contributed by atoms with Gasteiger partial charge in [0.15, 0.2) is 0 Å². The maximum atomic E-state index is 9.26. The van der Waals surface area contributed by atoms with Crippen LogP contribution < -0.4 is 10.5 Å². The lowest BCUT2D eigenvalue weighted by Gasteiger charge is -2.47. The number of nitriles is 1. The van der Waals surface area contributed by atoms with Gasteiger partial charge in [0.05, 0.1) is 30.0 Å². The van der Waals surface area contributed by atoms with Gasteiger partial charge >= 0.3 is 0 Å². The second-order valence-corrected chi connectivity index (χ2v) is 22.8. The molecule has 2 N–H and O–H groups in total. The number of ether oxygens (including phenoxy) is 4. The summed E-state index contributed by atoms with van der Waals surface area (Å²) in [6.07, 6.45) is 31.9. The Hall–Kier alpha value is -3.72. The third-order valence-electron chi connectivity index (χ3n) is 16.8. The molecule has 4 aromatic heterocycles. The van der Waals surface area contributed by atoms with Crippen LogP contribution in [-0.2, 0) is 36.9 Å². The van der Waals surface area contributed by atoms with Crippen molar-refractivity contribution in [3.8, 4) is 11.8 Å². The standard InChI is InChI=1S/C24H33NO2S.C17H26N2O.C16H20N2O/c1-19(8-9-21-20(26-2)10-16-28-21)17-23(22-7-3-6-14-25-22)13-15-27-24(18-23)11-4-5-12-24;1-14(18)12-16(15-6-2-5-10-19-15)9-11-20-17(13-16)7-3-4-8-17;17-10-8-15(14-5-1-4-11-18-14)9-12-19-16(13-15)6-2-3-7-16/h3,6-7,10,14,16,19H,4-5,8-9,11-13,15,17-18H2,1-2H3;2,5-6,10,14H,3-4,7-9,11-13,18H2,1H3;1,4-5,11H,2-3,6-9,12-13H2. The van der Waals surface area contributed by atoms with Gasteiger partial charge in [0.2, 0.25) is 0 Å². The van der Waals surface area contributed by atoms with E-state index in [1.165, 1.54) is 93.3 Å². The molecule has 6 fully saturated rings. The first-order chi connectivity index (χ1) is 32.6. The van der Waals surface area contributed by atoms with Crippen molar-refractivity contribution < 1.29 is 18.9 Å². The Kier molecular flexibility index (Phi) is 16.6. The van der Waals surface area contributed by atoms with Gasteiger partial charge in [0, 0.05) is 89.1 Å². The van der Waals surface area contributed by atoms with Gasteiger partial charge in [-0.25, -0.2) is 0 Å². The van der Waals surface area contributed by atoms with E-state index in [0.29, 0.717) is 12.3 Å². The van der Waals surface area contributed by atoms with E-state index in [1.807, 2.05) is 54.2 Å². The SMILES string of the molecule is CC(N)CC1(c2ccccn2)CCOC2(CCCC2)C1.COc1ccsc1CCC(C)CC1(c2ccccn2)CCOC2(CCCC2)C1.N#CCC1(c2ccccn2)CCOC2(CCCC2)C1. The van der Waals surface area contributed by atoms with Gasteiger partial charge in [-0.05, 0) is 163 Å².